The van der Waals surface area contributed by atoms with E-state index in [0.29, 0.717) is 11.8 Å². The maximum Gasteiger partial charge on any atom is 0.109 e. The van der Waals surface area contributed by atoms with Crippen molar-refractivity contribution in [2.45, 2.75) is 30.1 Å². The van der Waals surface area contributed by atoms with Crippen molar-refractivity contribution in [1.29, 1.82) is 0 Å². The third-order valence-electron chi connectivity index (χ3n) is 2.88. The summed E-state index contributed by atoms with van der Waals surface area (Å²) in [5.41, 5.74) is 0. The smallest absolute Gasteiger partial charge is 0.109 e. The van der Waals surface area contributed by atoms with E-state index in [-0.39, 0.29) is 9.83 Å². The molecule has 1 heterocycles. The summed E-state index contributed by atoms with van der Waals surface area (Å²) < 4.78 is 20.7. The lowest BCUT2D eigenvalue weighted by Crippen LogP contribution is -2.16. The molecule has 0 radical (unpaired) electrons. The van der Waals surface area contributed by atoms with Gasteiger partial charge in [0, 0.05) is 28.1 Å². The fourth-order valence-corrected chi connectivity index (χ4v) is 5.01. The molecule has 0 amide bonds. The molecular weight excluding hydrogens is 204 g/mol. The zero-order valence-corrected chi connectivity index (χ0v) is 9.61. The normalized spacial score (nSPS) is 45.0. The van der Waals surface area contributed by atoms with Crippen LogP contribution in [0.25, 0.3) is 0 Å². The summed E-state index contributed by atoms with van der Waals surface area (Å²) >= 11 is 0.748. The van der Waals surface area contributed by atoms with Gasteiger partial charge < -0.3 is 4.55 Å². The maximum absolute atomic E-state index is 11.8. The van der Waals surface area contributed by atoms with Gasteiger partial charge in [-0.3, -0.25) is 4.21 Å². The first kappa shape index (κ1) is 11.3. The molecule has 0 aromatic heterocycles. The lowest BCUT2D eigenvalue weighted by Gasteiger charge is -2.14. The van der Waals surface area contributed by atoms with Crippen LogP contribution in [0.15, 0.2) is 12.7 Å². The molecule has 1 rings (SSSR count). The Morgan fingerprint density at radius 1 is 1.54 bits per heavy atom. The van der Waals surface area contributed by atoms with Crippen molar-refractivity contribution in [2.75, 3.05) is 0 Å². The van der Waals surface area contributed by atoms with Crippen LogP contribution in [0.4, 0.5) is 0 Å². The van der Waals surface area contributed by atoms with Gasteiger partial charge in [-0.2, -0.15) is 0 Å². The highest BCUT2D eigenvalue weighted by Crippen LogP contribution is 2.40. The van der Waals surface area contributed by atoms with Gasteiger partial charge in [-0.05, 0) is 18.3 Å². The highest BCUT2D eigenvalue weighted by molar-refractivity contribution is 8.08. The maximum atomic E-state index is 11.8. The molecule has 0 bridgehead atoms. The molecule has 1 saturated heterocycles. The molecule has 4 heteroatoms. The summed E-state index contributed by atoms with van der Waals surface area (Å²) in [6, 6.07) is 0. The highest BCUT2D eigenvalue weighted by atomic mass is 32.2. The fourth-order valence-electron chi connectivity index (χ4n) is 1.79. The van der Waals surface area contributed by atoms with E-state index in [2.05, 4.69) is 20.4 Å². The van der Waals surface area contributed by atoms with Crippen LogP contribution in [-0.4, -0.2) is 18.6 Å². The first-order valence-corrected chi connectivity index (χ1v) is 6.55. The predicted molar refractivity (Wildman–Crippen MR) is 59.1 cm³/mol. The number of hydrogen-bond acceptors (Lipinski definition) is 3. The standard InChI is InChI=1S/C9H16O2S2/c1-4-5-8-6(2)7(3)9(12-10)13(8)11/h4,6-10H,1,5H2,2-3H3/t6-,7+,8-,9-,13?/m1/s1. The van der Waals surface area contributed by atoms with Gasteiger partial charge in [-0.15, -0.1) is 6.58 Å². The van der Waals surface area contributed by atoms with Crippen LogP contribution in [-0.2, 0) is 10.8 Å². The zero-order valence-electron chi connectivity index (χ0n) is 7.97. The second-order valence-corrected chi connectivity index (χ2v) is 6.37. The van der Waals surface area contributed by atoms with E-state index in [1.807, 2.05) is 6.08 Å². The summed E-state index contributed by atoms with van der Waals surface area (Å²) in [6.07, 6.45) is 2.60. The van der Waals surface area contributed by atoms with Gasteiger partial charge in [0.05, 0.1) is 0 Å². The Morgan fingerprint density at radius 3 is 2.54 bits per heavy atom. The Labute approximate surface area is 86.5 Å². The van der Waals surface area contributed by atoms with Crippen molar-refractivity contribution >= 4 is 22.8 Å². The van der Waals surface area contributed by atoms with E-state index < -0.39 is 10.8 Å². The van der Waals surface area contributed by atoms with Crippen molar-refractivity contribution in [3.05, 3.63) is 12.7 Å². The Hall–Kier alpha value is 0.200. The Balaban J connectivity index is 2.77. The summed E-state index contributed by atoms with van der Waals surface area (Å²) in [6.45, 7) is 7.82. The van der Waals surface area contributed by atoms with Crippen molar-refractivity contribution in [3.63, 3.8) is 0 Å². The number of rotatable bonds is 3. The quantitative estimate of drug-likeness (QED) is 0.586. The zero-order chi connectivity index (χ0) is 10.0. The lowest BCUT2D eigenvalue weighted by atomic mass is 9.93. The SMILES string of the molecule is C=CC[C@@H]1[C@H](C)[C@H](C)[C@H](SO)S1=O. The van der Waals surface area contributed by atoms with Crippen LogP contribution in [0.5, 0.6) is 0 Å². The molecule has 1 aliphatic heterocycles. The van der Waals surface area contributed by atoms with E-state index in [1.54, 1.807) is 0 Å². The van der Waals surface area contributed by atoms with Crippen LogP contribution in [0.1, 0.15) is 20.3 Å². The average molecular weight is 220 g/mol. The molecule has 76 valence electrons. The Morgan fingerprint density at radius 2 is 2.15 bits per heavy atom. The van der Waals surface area contributed by atoms with Crippen molar-refractivity contribution in [1.82, 2.24) is 0 Å². The largest absolute Gasteiger partial charge is 0.329 e. The third-order valence-corrected chi connectivity index (χ3v) is 6.45. The van der Waals surface area contributed by atoms with E-state index in [1.165, 1.54) is 0 Å². The van der Waals surface area contributed by atoms with E-state index in [9.17, 15) is 4.21 Å². The first-order valence-electron chi connectivity index (χ1n) is 4.44. The molecule has 0 spiro atoms. The monoisotopic (exact) mass is 220 g/mol. The summed E-state index contributed by atoms with van der Waals surface area (Å²) in [7, 11) is -0.917. The molecule has 0 aromatic carbocycles. The third kappa shape index (κ3) is 2.00. The van der Waals surface area contributed by atoms with Crippen LogP contribution in [0, 0.1) is 11.8 Å². The van der Waals surface area contributed by atoms with E-state index in [0.717, 1.165) is 18.5 Å². The van der Waals surface area contributed by atoms with Gasteiger partial charge in [0.1, 0.15) is 4.58 Å². The molecule has 5 atom stereocenters. The fraction of sp³-hybridized carbons (Fsp3) is 0.778. The molecule has 1 aliphatic rings. The van der Waals surface area contributed by atoms with Crippen molar-refractivity contribution < 1.29 is 8.76 Å². The predicted octanol–water partition coefficient (Wildman–Crippen LogP) is 2.50. The highest BCUT2D eigenvalue weighted by Gasteiger charge is 2.44. The second-order valence-electron chi connectivity index (χ2n) is 3.58. The molecule has 0 aromatic rings. The van der Waals surface area contributed by atoms with Gasteiger partial charge in [0.25, 0.3) is 0 Å². The van der Waals surface area contributed by atoms with Crippen LogP contribution in [0.3, 0.4) is 0 Å². The minimum Gasteiger partial charge on any atom is -0.329 e. The molecular formula is C9H16O2S2. The van der Waals surface area contributed by atoms with Gasteiger partial charge in [-0.1, -0.05) is 19.9 Å². The van der Waals surface area contributed by atoms with Crippen LogP contribution in [0.2, 0.25) is 0 Å². The van der Waals surface area contributed by atoms with Crippen LogP contribution >= 0.6 is 12.0 Å². The van der Waals surface area contributed by atoms with Gasteiger partial charge in [-0.25, -0.2) is 0 Å². The number of hydrogen-bond donors (Lipinski definition) is 1. The average Bonchev–Trinajstić information content (AvgIpc) is 2.31. The molecule has 0 saturated carbocycles. The van der Waals surface area contributed by atoms with E-state index >= 15 is 0 Å². The first-order chi connectivity index (χ1) is 6.13. The molecule has 1 fully saturated rings. The second kappa shape index (κ2) is 4.62. The van der Waals surface area contributed by atoms with Gasteiger partial charge in [0.2, 0.25) is 0 Å². The van der Waals surface area contributed by atoms with E-state index in [4.69, 9.17) is 4.55 Å². The lowest BCUT2D eigenvalue weighted by molar-refractivity contribution is 0.423. The summed E-state index contributed by atoms with van der Waals surface area (Å²) in [5, 5.41) is 0.178. The molecule has 0 aliphatic carbocycles. The van der Waals surface area contributed by atoms with Gasteiger partial charge in [0.15, 0.2) is 0 Å². The summed E-state index contributed by atoms with van der Waals surface area (Å²) in [5.74, 6) is 0.726. The minimum absolute atomic E-state index is 0.111. The minimum atomic E-state index is -0.917. The molecule has 13 heavy (non-hydrogen) atoms. The van der Waals surface area contributed by atoms with Crippen molar-refractivity contribution in [2.24, 2.45) is 11.8 Å². The summed E-state index contributed by atoms with van der Waals surface area (Å²) in [4.78, 5) is 0. The van der Waals surface area contributed by atoms with Gasteiger partial charge >= 0.3 is 0 Å². The van der Waals surface area contributed by atoms with Crippen molar-refractivity contribution in [3.8, 4) is 0 Å². The topological polar surface area (TPSA) is 37.3 Å². The molecule has 1 N–H and O–H groups in total. The molecule has 1 unspecified atom stereocenters. The number of allylic oxidation sites excluding steroid dienone is 1. The molecule has 2 nitrogen and oxygen atoms in total. The van der Waals surface area contributed by atoms with Crippen LogP contribution < -0.4 is 0 Å². The Bertz CT molecular complexity index is 218. The Kier molecular flexibility index (Phi) is 4.01.